The van der Waals surface area contributed by atoms with E-state index in [0.717, 1.165) is 64.7 Å². The molecule has 3 aliphatic rings. The third-order valence-corrected chi connectivity index (χ3v) is 6.46. The first-order valence-corrected chi connectivity index (χ1v) is 11.0. The molecule has 2 atom stereocenters. The lowest BCUT2D eigenvalue weighted by Gasteiger charge is -2.39. The van der Waals surface area contributed by atoms with Crippen LogP contribution in [0.4, 0.5) is 4.79 Å². The first-order chi connectivity index (χ1) is 14.3. The fourth-order valence-corrected chi connectivity index (χ4v) is 4.96. The highest BCUT2D eigenvalue weighted by molar-refractivity contribution is 5.67. The van der Waals surface area contributed by atoms with Crippen molar-refractivity contribution in [3.8, 4) is 0 Å². The van der Waals surface area contributed by atoms with E-state index in [9.17, 15) is 4.79 Å². The van der Waals surface area contributed by atoms with Crippen LogP contribution in [0, 0.1) is 5.92 Å². The van der Waals surface area contributed by atoms with Crippen molar-refractivity contribution in [2.45, 2.75) is 57.5 Å². The number of hydrogen-bond donors (Lipinski definition) is 0. The fraction of sp³-hybridized carbons (Fsp3) is 0.682. The van der Waals surface area contributed by atoms with Crippen molar-refractivity contribution in [2.75, 3.05) is 32.8 Å². The van der Waals surface area contributed by atoms with E-state index in [1.165, 1.54) is 5.57 Å². The molecule has 0 N–H and O–H groups in total. The minimum atomic E-state index is -0.158. The van der Waals surface area contributed by atoms with E-state index in [1.807, 2.05) is 18.0 Å². The van der Waals surface area contributed by atoms with Gasteiger partial charge in [-0.25, -0.2) is 9.78 Å². The maximum Gasteiger partial charge on any atom is 0.409 e. The Balaban J connectivity index is 1.31. The number of oxazole rings is 1. The highest BCUT2D eigenvalue weighted by atomic mass is 16.6. The molecule has 7 nitrogen and oxygen atoms in total. The van der Waals surface area contributed by atoms with Gasteiger partial charge in [0.2, 0.25) is 5.89 Å². The van der Waals surface area contributed by atoms with E-state index in [1.54, 1.807) is 12.5 Å². The normalized spacial score (nSPS) is 26.8. The summed E-state index contributed by atoms with van der Waals surface area (Å²) in [4.78, 5) is 25.6. The van der Waals surface area contributed by atoms with Crippen molar-refractivity contribution < 1.29 is 13.9 Å². The summed E-state index contributed by atoms with van der Waals surface area (Å²) in [6, 6.07) is 0.516. The molecule has 2 saturated heterocycles. The molecule has 0 saturated carbocycles. The molecule has 1 aromatic heterocycles. The van der Waals surface area contributed by atoms with Gasteiger partial charge in [0.05, 0.1) is 12.8 Å². The molecule has 29 heavy (non-hydrogen) atoms. The lowest BCUT2D eigenvalue weighted by molar-refractivity contribution is 0.104. The van der Waals surface area contributed by atoms with Crippen molar-refractivity contribution in [2.24, 2.45) is 10.9 Å². The summed E-state index contributed by atoms with van der Waals surface area (Å²) >= 11 is 0. The number of aliphatic imine (C=N–C) groups is 1. The lowest BCUT2D eigenvalue weighted by atomic mass is 9.83. The van der Waals surface area contributed by atoms with Crippen LogP contribution < -0.4 is 0 Å². The Kier molecular flexibility index (Phi) is 6.64. The van der Waals surface area contributed by atoms with E-state index < -0.39 is 0 Å². The molecule has 1 aromatic rings. The summed E-state index contributed by atoms with van der Waals surface area (Å²) in [5.74, 6) is 1.25. The van der Waals surface area contributed by atoms with Crippen LogP contribution in [-0.2, 0) is 4.74 Å². The molecule has 0 bridgehead atoms. The number of carbonyl (C=O) groups excluding carboxylic acids is 1. The zero-order valence-corrected chi connectivity index (χ0v) is 17.3. The van der Waals surface area contributed by atoms with E-state index in [-0.39, 0.29) is 12.1 Å². The zero-order chi connectivity index (χ0) is 20.1. The largest absolute Gasteiger partial charge is 0.450 e. The third kappa shape index (κ3) is 4.71. The lowest BCUT2D eigenvalue weighted by Crippen LogP contribution is -2.42. The molecule has 2 fully saturated rings. The van der Waals surface area contributed by atoms with Crippen LogP contribution in [0.15, 0.2) is 33.5 Å². The number of dihydropyridines is 1. The van der Waals surface area contributed by atoms with Crippen LogP contribution in [0.1, 0.15) is 57.4 Å². The maximum atomic E-state index is 12.0. The molecular weight excluding hydrogens is 368 g/mol. The molecule has 1 amide bonds. The average molecular weight is 401 g/mol. The van der Waals surface area contributed by atoms with Gasteiger partial charge in [-0.1, -0.05) is 6.08 Å². The van der Waals surface area contributed by atoms with Crippen LogP contribution in [0.3, 0.4) is 0 Å². The van der Waals surface area contributed by atoms with E-state index in [4.69, 9.17) is 9.15 Å². The molecule has 4 rings (SSSR count). The highest BCUT2D eigenvalue weighted by Crippen LogP contribution is 2.38. The summed E-state index contributed by atoms with van der Waals surface area (Å²) in [5, 5.41) is 0. The predicted octanol–water partition coefficient (Wildman–Crippen LogP) is 3.84. The topological polar surface area (TPSA) is 71.2 Å². The number of likely N-dealkylation sites (tertiary alicyclic amines) is 2. The van der Waals surface area contributed by atoms with Crippen LogP contribution in [0.25, 0.3) is 0 Å². The summed E-state index contributed by atoms with van der Waals surface area (Å²) in [6.07, 6.45) is 13.9. The third-order valence-electron chi connectivity index (χ3n) is 6.46. The molecule has 2 unspecified atom stereocenters. The van der Waals surface area contributed by atoms with Crippen molar-refractivity contribution in [3.05, 3.63) is 30.0 Å². The Morgan fingerprint density at radius 3 is 2.83 bits per heavy atom. The van der Waals surface area contributed by atoms with Gasteiger partial charge in [-0.05, 0) is 63.6 Å². The van der Waals surface area contributed by atoms with Crippen molar-refractivity contribution in [1.82, 2.24) is 14.8 Å². The number of allylic oxidation sites excluding steroid dienone is 1. The van der Waals surface area contributed by atoms with Gasteiger partial charge in [-0.2, -0.15) is 0 Å². The second-order valence-electron chi connectivity index (χ2n) is 8.13. The monoisotopic (exact) mass is 400 g/mol. The summed E-state index contributed by atoms with van der Waals surface area (Å²) < 4.78 is 10.7. The first kappa shape index (κ1) is 20.1. The van der Waals surface area contributed by atoms with Crippen LogP contribution in [0.5, 0.6) is 0 Å². The average Bonchev–Trinajstić information content (AvgIpc) is 3.18. The Labute approximate surface area is 172 Å². The van der Waals surface area contributed by atoms with Crippen molar-refractivity contribution in [1.29, 1.82) is 0 Å². The van der Waals surface area contributed by atoms with Crippen molar-refractivity contribution in [3.63, 3.8) is 0 Å². The van der Waals surface area contributed by atoms with Gasteiger partial charge >= 0.3 is 6.09 Å². The van der Waals surface area contributed by atoms with Crippen LogP contribution in [-0.4, -0.2) is 65.9 Å². The number of piperidine rings is 1. The number of hydrogen-bond acceptors (Lipinski definition) is 6. The Morgan fingerprint density at radius 2 is 2.07 bits per heavy atom. The molecule has 158 valence electrons. The van der Waals surface area contributed by atoms with Gasteiger partial charge in [0.1, 0.15) is 12.3 Å². The number of ether oxygens (including phenoxy) is 1. The molecule has 7 heteroatoms. The quantitative estimate of drug-likeness (QED) is 0.718. The molecule has 0 spiro atoms. The van der Waals surface area contributed by atoms with E-state index in [0.29, 0.717) is 24.5 Å². The number of rotatable bonds is 4. The van der Waals surface area contributed by atoms with E-state index >= 15 is 0 Å². The summed E-state index contributed by atoms with van der Waals surface area (Å²) in [6.45, 7) is 6.13. The van der Waals surface area contributed by atoms with Gasteiger partial charge in [-0.15, -0.1) is 0 Å². The predicted molar refractivity (Wildman–Crippen MR) is 111 cm³/mol. The Hall–Kier alpha value is -2.15. The second-order valence-corrected chi connectivity index (χ2v) is 8.13. The van der Waals surface area contributed by atoms with Crippen LogP contribution in [0.2, 0.25) is 0 Å². The molecule has 0 radical (unpaired) electrons. The molecule has 0 aliphatic carbocycles. The summed E-state index contributed by atoms with van der Waals surface area (Å²) in [5.41, 5.74) is 1.38. The van der Waals surface area contributed by atoms with Crippen LogP contribution >= 0.6 is 0 Å². The van der Waals surface area contributed by atoms with Gasteiger partial charge in [0.25, 0.3) is 0 Å². The molecule has 0 aromatic carbocycles. The van der Waals surface area contributed by atoms with Gasteiger partial charge in [-0.3, -0.25) is 4.99 Å². The fourth-order valence-electron chi connectivity index (χ4n) is 4.96. The van der Waals surface area contributed by atoms with Gasteiger partial charge in [0, 0.05) is 31.8 Å². The van der Waals surface area contributed by atoms with Crippen molar-refractivity contribution >= 4 is 12.3 Å². The summed E-state index contributed by atoms with van der Waals surface area (Å²) in [7, 11) is 0. The SMILES string of the molecule is CCOC(=O)N1CCCC(N2CCC(C3=CCC=NC3c3ncco3)CC2)CC1. The Morgan fingerprint density at radius 1 is 1.21 bits per heavy atom. The first-order valence-electron chi connectivity index (χ1n) is 11.0. The minimum Gasteiger partial charge on any atom is -0.450 e. The smallest absolute Gasteiger partial charge is 0.409 e. The number of carbonyl (C=O) groups is 1. The highest BCUT2D eigenvalue weighted by Gasteiger charge is 2.33. The maximum absolute atomic E-state index is 12.0. The number of nitrogens with zero attached hydrogens (tertiary/aromatic N) is 4. The van der Waals surface area contributed by atoms with Gasteiger partial charge in [0.15, 0.2) is 0 Å². The molecule has 4 heterocycles. The molecular formula is C22H32N4O3. The minimum absolute atomic E-state index is 0.0497. The molecule has 3 aliphatic heterocycles. The second kappa shape index (κ2) is 9.57. The van der Waals surface area contributed by atoms with E-state index in [2.05, 4.69) is 21.0 Å². The van der Waals surface area contributed by atoms with Gasteiger partial charge < -0.3 is 19.0 Å². The Bertz CT molecular complexity index is 722. The number of amides is 1. The zero-order valence-electron chi connectivity index (χ0n) is 17.3. The number of aromatic nitrogens is 1. The standard InChI is InChI=1S/C22H32N4O3/c1-2-28-22(27)26-12-4-5-18(9-15-26)25-13-7-17(8-14-25)19-6-3-10-23-20(19)21-24-11-16-29-21/h6,10-11,16-18,20H,2-5,7-9,12-15H2,1H3.